The van der Waals surface area contributed by atoms with Gasteiger partial charge in [-0.1, -0.05) is 31.0 Å². The van der Waals surface area contributed by atoms with Gasteiger partial charge in [-0.2, -0.15) is 0 Å². The molecule has 1 aliphatic rings. The molecule has 0 aliphatic heterocycles. The largest absolute Gasteiger partial charge is 0.393 e. The number of nitrogens with zero attached hydrogens (tertiary/aromatic N) is 1. The van der Waals surface area contributed by atoms with E-state index in [1.54, 1.807) is 0 Å². The smallest absolute Gasteiger partial charge is 0.241 e. The second-order valence-corrected chi connectivity index (χ2v) is 6.53. The van der Waals surface area contributed by atoms with E-state index in [9.17, 15) is 9.90 Å². The van der Waals surface area contributed by atoms with Crippen LogP contribution < -0.4 is 5.32 Å². The first-order valence-corrected chi connectivity index (χ1v) is 8.24. The number of benzene rings is 1. The van der Waals surface area contributed by atoms with Crippen molar-refractivity contribution in [3.05, 3.63) is 29.8 Å². The minimum Gasteiger partial charge on any atom is -0.393 e. The van der Waals surface area contributed by atoms with Crippen LogP contribution >= 0.6 is 0 Å². The van der Waals surface area contributed by atoms with Crippen LogP contribution in [0.4, 0.5) is 5.69 Å². The molecule has 2 rings (SSSR count). The monoisotopic (exact) mass is 304 g/mol. The molecule has 0 radical (unpaired) electrons. The highest BCUT2D eigenvalue weighted by Gasteiger charge is 2.27. The molecular formula is C18H28N2O2. The Labute approximate surface area is 133 Å². The molecule has 0 spiro atoms. The van der Waals surface area contributed by atoms with Crippen molar-refractivity contribution in [1.29, 1.82) is 0 Å². The molecule has 3 unspecified atom stereocenters. The lowest BCUT2D eigenvalue weighted by Crippen LogP contribution is -2.44. The zero-order chi connectivity index (χ0) is 16.1. The molecule has 22 heavy (non-hydrogen) atoms. The number of carbonyl (C=O) groups is 1. The average Bonchev–Trinajstić information content (AvgIpc) is 2.51. The highest BCUT2D eigenvalue weighted by Crippen LogP contribution is 2.25. The van der Waals surface area contributed by atoms with E-state index in [0.29, 0.717) is 0 Å². The number of carbonyl (C=O) groups excluding carboxylic acids is 1. The summed E-state index contributed by atoms with van der Waals surface area (Å²) in [5.41, 5.74) is 1.93. The number of hydrogen-bond acceptors (Lipinski definition) is 3. The summed E-state index contributed by atoms with van der Waals surface area (Å²) in [5, 5.41) is 13.1. The summed E-state index contributed by atoms with van der Waals surface area (Å²) in [5.74, 6) is 0.287. The van der Waals surface area contributed by atoms with E-state index >= 15 is 0 Å². The molecule has 2 N–H and O–H groups in total. The fraction of sp³-hybridized carbons (Fsp3) is 0.611. The van der Waals surface area contributed by atoms with E-state index < -0.39 is 0 Å². The lowest BCUT2D eigenvalue weighted by atomic mass is 9.86. The molecule has 0 heterocycles. The van der Waals surface area contributed by atoms with Gasteiger partial charge in [0.1, 0.15) is 0 Å². The fourth-order valence-corrected chi connectivity index (χ4v) is 3.08. The van der Waals surface area contributed by atoms with Crippen LogP contribution in [0.5, 0.6) is 0 Å². The molecule has 122 valence electrons. The molecule has 0 bridgehead atoms. The lowest BCUT2D eigenvalue weighted by molar-refractivity contribution is -0.120. The Kier molecular flexibility index (Phi) is 5.98. The summed E-state index contributed by atoms with van der Waals surface area (Å²) in [6, 6.07) is 7.59. The fourth-order valence-electron chi connectivity index (χ4n) is 3.08. The number of aliphatic hydroxyl groups is 1. The van der Waals surface area contributed by atoms with Gasteiger partial charge < -0.3 is 10.4 Å². The Bertz CT molecular complexity index is 504. The van der Waals surface area contributed by atoms with Gasteiger partial charge in [0.05, 0.1) is 12.1 Å². The van der Waals surface area contributed by atoms with Crippen LogP contribution in [0.3, 0.4) is 0 Å². The average molecular weight is 304 g/mol. The van der Waals surface area contributed by atoms with Crippen LogP contribution in [-0.4, -0.2) is 41.7 Å². The number of para-hydroxylation sites is 1. The molecule has 3 atom stereocenters. The van der Waals surface area contributed by atoms with Crippen LogP contribution in [-0.2, 0) is 4.79 Å². The molecule has 1 fully saturated rings. The zero-order valence-corrected chi connectivity index (χ0v) is 13.9. The van der Waals surface area contributed by atoms with Gasteiger partial charge in [-0.05, 0) is 51.3 Å². The standard InChI is InChI=1S/C18H28N2O2/c1-13-8-4-6-10-16(13)19-18(22)14(2)20(3)12-15-9-5-7-11-17(15)21/h4,6,8,10,14-15,17,21H,5,7,9,11-12H2,1-3H3,(H,19,22). The minimum absolute atomic E-state index is 0.00194. The van der Waals surface area contributed by atoms with E-state index in [1.807, 2.05) is 50.1 Å². The van der Waals surface area contributed by atoms with Gasteiger partial charge in [0, 0.05) is 12.2 Å². The zero-order valence-electron chi connectivity index (χ0n) is 13.9. The quantitative estimate of drug-likeness (QED) is 0.879. The maximum atomic E-state index is 12.4. The highest BCUT2D eigenvalue weighted by molar-refractivity contribution is 5.95. The summed E-state index contributed by atoms with van der Waals surface area (Å²) in [6.45, 7) is 4.68. The Morgan fingerprint density at radius 1 is 1.36 bits per heavy atom. The molecule has 1 aliphatic carbocycles. The second-order valence-electron chi connectivity index (χ2n) is 6.53. The Balaban J connectivity index is 1.90. The van der Waals surface area contributed by atoms with Gasteiger partial charge in [-0.15, -0.1) is 0 Å². The number of aryl methyl sites for hydroxylation is 1. The van der Waals surface area contributed by atoms with Crippen LogP contribution in [0.25, 0.3) is 0 Å². The van der Waals surface area contributed by atoms with Crippen molar-refractivity contribution >= 4 is 11.6 Å². The van der Waals surface area contributed by atoms with Crippen LogP contribution in [0.2, 0.25) is 0 Å². The molecule has 0 saturated heterocycles. The Morgan fingerprint density at radius 2 is 2.05 bits per heavy atom. The third kappa shape index (κ3) is 4.31. The van der Waals surface area contributed by atoms with Crippen molar-refractivity contribution < 1.29 is 9.90 Å². The first-order chi connectivity index (χ1) is 10.5. The number of likely N-dealkylation sites (N-methyl/N-ethyl adjacent to an activating group) is 1. The van der Waals surface area contributed by atoms with Gasteiger partial charge in [0.25, 0.3) is 0 Å². The number of rotatable bonds is 5. The number of aliphatic hydroxyl groups excluding tert-OH is 1. The third-order valence-electron chi connectivity index (χ3n) is 4.83. The molecule has 0 aromatic heterocycles. The predicted octanol–water partition coefficient (Wildman–Crippen LogP) is 2.80. The van der Waals surface area contributed by atoms with Crippen molar-refractivity contribution in [2.45, 2.75) is 51.7 Å². The van der Waals surface area contributed by atoms with Gasteiger partial charge in [0.2, 0.25) is 5.91 Å². The van der Waals surface area contributed by atoms with E-state index in [2.05, 4.69) is 5.32 Å². The van der Waals surface area contributed by atoms with Crippen LogP contribution in [0.1, 0.15) is 38.2 Å². The first kappa shape index (κ1) is 17.0. The van der Waals surface area contributed by atoms with E-state index in [1.165, 1.54) is 6.42 Å². The van der Waals surface area contributed by atoms with Gasteiger partial charge in [-0.3, -0.25) is 9.69 Å². The van der Waals surface area contributed by atoms with Crippen molar-refractivity contribution in [1.82, 2.24) is 4.90 Å². The predicted molar refractivity (Wildman–Crippen MR) is 89.9 cm³/mol. The molecule has 1 aromatic rings. The molecule has 4 nitrogen and oxygen atoms in total. The summed E-state index contributed by atoms with van der Waals surface area (Å²) < 4.78 is 0. The Morgan fingerprint density at radius 3 is 2.73 bits per heavy atom. The summed E-state index contributed by atoms with van der Waals surface area (Å²) >= 11 is 0. The normalized spacial score (nSPS) is 23.3. The van der Waals surface area contributed by atoms with E-state index in [-0.39, 0.29) is 24.0 Å². The minimum atomic E-state index is -0.220. The maximum absolute atomic E-state index is 12.4. The molecular weight excluding hydrogens is 276 g/mol. The van der Waals surface area contributed by atoms with Crippen LogP contribution in [0, 0.1) is 12.8 Å². The highest BCUT2D eigenvalue weighted by atomic mass is 16.3. The number of hydrogen-bond donors (Lipinski definition) is 2. The topological polar surface area (TPSA) is 52.6 Å². The molecule has 1 aromatic carbocycles. The van der Waals surface area contributed by atoms with Gasteiger partial charge >= 0.3 is 0 Å². The number of nitrogens with one attached hydrogen (secondary N) is 1. The molecule has 1 amide bonds. The van der Waals surface area contributed by atoms with Gasteiger partial charge in [0.15, 0.2) is 0 Å². The summed E-state index contributed by atoms with van der Waals surface area (Å²) in [4.78, 5) is 14.5. The molecule has 4 heteroatoms. The molecule has 1 saturated carbocycles. The van der Waals surface area contributed by atoms with Crippen molar-refractivity contribution in [3.8, 4) is 0 Å². The van der Waals surface area contributed by atoms with E-state index in [4.69, 9.17) is 0 Å². The third-order valence-corrected chi connectivity index (χ3v) is 4.83. The van der Waals surface area contributed by atoms with Crippen LogP contribution in [0.15, 0.2) is 24.3 Å². The van der Waals surface area contributed by atoms with Gasteiger partial charge in [-0.25, -0.2) is 0 Å². The van der Waals surface area contributed by atoms with Crippen molar-refractivity contribution in [2.75, 3.05) is 18.9 Å². The summed E-state index contributed by atoms with van der Waals surface area (Å²) in [7, 11) is 1.96. The first-order valence-electron chi connectivity index (χ1n) is 8.24. The lowest BCUT2D eigenvalue weighted by Gasteiger charge is -2.33. The second kappa shape index (κ2) is 7.75. The number of anilines is 1. The van der Waals surface area contributed by atoms with E-state index in [0.717, 1.165) is 37.1 Å². The maximum Gasteiger partial charge on any atom is 0.241 e. The Hall–Kier alpha value is -1.39. The number of amides is 1. The van der Waals surface area contributed by atoms with Crippen molar-refractivity contribution in [3.63, 3.8) is 0 Å². The summed E-state index contributed by atoms with van der Waals surface area (Å²) in [6.07, 6.45) is 4.02. The SMILES string of the molecule is Cc1ccccc1NC(=O)C(C)N(C)CC1CCCCC1O. The van der Waals surface area contributed by atoms with Crippen molar-refractivity contribution in [2.24, 2.45) is 5.92 Å².